The molecule has 2 N–H and O–H groups in total. The summed E-state index contributed by atoms with van der Waals surface area (Å²) >= 11 is 0. The van der Waals surface area contributed by atoms with Gasteiger partial charge in [-0.25, -0.2) is 14.6 Å². The minimum absolute atomic E-state index is 0.173. The number of methoxy groups -OCH3 is 1. The van der Waals surface area contributed by atoms with Crippen LogP contribution in [0.5, 0.6) is 5.75 Å². The van der Waals surface area contributed by atoms with Gasteiger partial charge in [0.15, 0.2) is 0 Å². The molecule has 0 atom stereocenters. The first-order chi connectivity index (χ1) is 14.1. The number of aryl methyl sites for hydroxylation is 1. The van der Waals surface area contributed by atoms with Crippen molar-refractivity contribution in [1.82, 2.24) is 29.9 Å². The zero-order valence-electron chi connectivity index (χ0n) is 16.3. The molecule has 4 rings (SSSR count). The van der Waals surface area contributed by atoms with E-state index < -0.39 is 0 Å². The first-order valence-electron chi connectivity index (χ1n) is 9.29. The van der Waals surface area contributed by atoms with E-state index in [2.05, 4.69) is 32.2 Å². The molecule has 0 aliphatic heterocycles. The minimum Gasteiger partial charge on any atom is -0.497 e. The Hall–Kier alpha value is -3.81. The molecule has 0 amide bonds. The van der Waals surface area contributed by atoms with E-state index in [1.807, 2.05) is 54.7 Å². The van der Waals surface area contributed by atoms with Crippen molar-refractivity contribution in [3.63, 3.8) is 0 Å². The second kappa shape index (κ2) is 8.05. The van der Waals surface area contributed by atoms with Crippen LogP contribution >= 0.6 is 0 Å². The Balaban J connectivity index is 1.62. The van der Waals surface area contributed by atoms with Crippen LogP contribution in [0.2, 0.25) is 0 Å². The van der Waals surface area contributed by atoms with Gasteiger partial charge in [0.1, 0.15) is 11.4 Å². The zero-order valence-corrected chi connectivity index (χ0v) is 16.3. The fourth-order valence-corrected chi connectivity index (χ4v) is 3.00. The molecule has 0 aliphatic rings. The predicted molar refractivity (Wildman–Crippen MR) is 110 cm³/mol. The number of hydrogen-bond donors (Lipinski definition) is 1. The van der Waals surface area contributed by atoms with Gasteiger partial charge in [-0.2, -0.15) is 0 Å². The molecule has 4 aromatic rings. The SMILES string of the molecule is CCc1cccc(Cn2cc(-c3cc(-c4cccc(OC)c4)nc(N)n3)nn2)n1. The van der Waals surface area contributed by atoms with Gasteiger partial charge in [-0.1, -0.05) is 30.3 Å². The predicted octanol–water partition coefficient (Wildman–Crippen LogP) is 3.00. The molecule has 8 heteroatoms. The van der Waals surface area contributed by atoms with Crippen molar-refractivity contribution in [3.8, 4) is 28.4 Å². The van der Waals surface area contributed by atoms with Crippen LogP contribution < -0.4 is 10.5 Å². The van der Waals surface area contributed by atoms with E-state index in [-0.39, 0.29) is 5.95 Å². The summed E-state index contributed by atoms with van der Waals surface area (Å²) in [4.78, 5) is 13.3. The Bertz CT molecular complexity index is 1140. The summed E-state index contributed by atoms with van der Waals surface area (Å²) in [7, 11) is 1.63. The topological polar surface area (TPSA) is 105 Å². The van der Waals surface area contributed by atoms with Gasteiger partial charge in [-0.3, -0.25) is 4.98 Å². The summed E-state index contributed by atoms with van der Waals surface area (Å²) in [6.07, 6.45) is 2.72. The number of aromatic nitrogens is 6. The highest BCUT2D eigenvalue weighted by atomic mass is 16.5. The summed E-state index contributed by atoms with van der Waals surface area (Å²) in [6, 6.07) is 15.5. The van der Waals surface area contributed by atoms with Crippen molar-refractivity contribution in [2.45, 2.75) is 19.9 Å². The maximum atomic E-state index is 5.95. The fourth-order valence-electron chi connectivity index (χ4n) is 3.00. The van der Waals surface area contributed by atoms with E-state index in [0.29, 0.717) is 23.6 Å². The molecule has 0 unspecified atom stereocenters. The number of ether oxygens (including phenoxy) is 1. The summed E-state index contributed by atoms with van der Waals surface area (Å²) in [5.41, 5.74) is 10.7. The lowest BCUT2D eigenvalue weighted by molar-refractivity contribution is 0.415. The highest BCUT2D eigenvalue weighted by Crippen LogP contribution is 2.26. The smallest absolute Gasteiger partial charge is 0.221 e. The molecule has 1 aromatic carbocycles. The number of hydrogen-bond acceptors (Lipinski definition) is 7. The number of rotatable bonds is 6. The highest BCUT2D eigenvalue weighted by molar-refractivity contribution is 5.68. The third-order valence-corrected chi connectivity index (χ3v) is 4.46. The Kier molecular flexibility index (Phi) is 5.15. The summed E-state index contributed by atoms with van der Waals surface area (Å²) in [5.74, 6) is 0.918. The number of benzene rings is 1. The van der Waals surface area contributed by atoms with Crippen molar-refractivity contribution in [2.75, 3.05) is 12.8 Å². The van der Waals surface area contributed by atoms with Crippen LogP contribution in [-0.4, -0.2) is 37.1 Å². The van der Waals surface area contributed by atoms with E-state index >= 15 is 0 Å². The molecule has 0 saturated heterocycles. The molecule has 0 saturated carbocycles. The van der Waals surface area contributed by atoms with Crippen LogP contribution in [0.4, 0.5) is 5.95 Å². The van der Waals surface area contributed by atoms with E-state index in [0.717, 1.165) is 29.1 Å². The summed E-state index contributed by atoms with van der Waals surface area (Å²) < 4.78 is 7.03. The number of anilines is 1. The number of nitrogen functional groups attached to an aromatic ring is 1. The van der Waals surface area contributed by atoms with Crippen molar-refractivity contribution < 1.29 is 4.74 Å². The van der Waals surface area contributed by atoms with Gasteiger partial charge >= 0.3 is 0 Å². The first-order valence-corrected chi connectivity index (χ1v) is 9.29. The number of nitrogens with two attached hydrogens (primary N) is 1. The molecule has 0 bridgehead atoms. The summed E-state index contributed by atoms with van der Waals surface area (Å²) in [5, 5.41) is 8.46. The van der Waals surface area contributed by atoms with Crippen LogP contribution in [0.3, 0.4) is 0 Å². The van der Waals surface area contributed by atoms with Crippen molar-refractivity contribution >= 4 is 5.95 Å². The Labute approximate surface area is 168 Å². The molecule has 3 aromatic heterocycles. The van der Waals surface area contributed by atoms with E-state index in [4.69, 9.17) is 10.5 Å². The standard InChI is InChI=1S/C21H21N7O/c1-3-15-7-5-8-16(23-15)12-28-13-20(26-27-28)19-11-18(24-21(22)25-19)14-6-4-9-17(10-14)29-2/h4-11,13H,3,12H2,1-2H3,(H2,22,24,25). The van der Waals surface area contributed by atoms with Gasteiger partial charge in [0.05, 0.1) is 36.9 Å². The largest absolute Gasteiger partial charge is 0.497 e. The third-order valence-electron chi connectivity index (χ3n) is 4.46. The fraction of sp³-hybridized carbons (Fsp3) is 0.190. The maximum absolute atomic E-state index is 5.95. The molecule has 29 heavy (non-hydrogen) atoms. The molecule has 146 valence electrons. The van der Waals surface area contributed by atoms with Crippen LogP contribution in [0.15, 0.2) is 54.7 Å². The highest BCUT2D eigenvalue weighted by Gasteiger charge is 2.11. The zero-order chi connectivity index (χ0) is 20.2. The van der Waals surface area contributed by atoms with Crippen molar-refractivity contribution in [3.05, 3.63) is 66.1 Å². The van der Waals surface area contributed by atoms with Crippen LogP contribution in [0.1, 0.15) is 18.3 Å². The van der Waals surface area contributed by atoms with Gasteiger partial charge in [-0.15, -0.1) is 5.10 Å². The number of nitrogens with zero attached hydrogens (tertiary/aromatic N) is 6. The monoisotopic (exact) mass is 387 g/mol. The van der Waals surface area contributed by atoms with E-state index in [1.54, 1.807) is 11.8 Å². The molecule has 0 aliphatic carbocycles. The molecular formula is C21H21N7O. The van der Waals surface area contributed by atoms with Crippen LogP contribution in [0, 0.1) is 0 Å². The van der Waals surface area contributed by atoms with Gasteiger partial charge in [0, 0.05) is 11.3 Å². The van der Waals surface area contributed by atoms with Crippen LogP contribution in [0.25, 0.3) is 22.6 Å². The number of pyridine rings is 1. The normalized spacial score (nSPS) is 10.8. The minimum atomic E-state index is 0.173. The van der Waals surface area contributed by atoms with Gasteiger partial charge in [0.25, 0.3) is 0 Å². The molecule has 3 heterocycles. The third kappa shape index (κ3) is 4.21. The van der Waals surface area contributed by atoms with E-state index in [9.17, 15) is 0 Å². The van der Waals surface area contributed by atoms with Crippen molar-refractivity contribution in [2.24, 2.45) is 0 Å². The second-order valence-corrected chi connectivity index (χ2v) is 6.50. The van der Waals surface area contributed by atoms with Gasteiger partial charge in [-0.05, 0) is 36.8 Å². The molecule has 0 spiro atoms. The maximum Gasteiger partial charge on any atom is 0.221 e. The van der Waals surface area contributed by atoms with E-state index in [1.165, 1.54) is 0 Å². The molecule has 8 nitrogen and oxygen atoms in total. The average molecular weight is 387 g/mol. The first kappa shape index (κ1) is 18.5. The Morgan fingerprint density at radius 2 is 1.72 bits per heavy atom. The molecule has 0 fully saturated rings. The molecular weight excluding hydrogens is 366 g/mol. The van der Waals surface area contributed by atoms with Crippen LogP contribution in [-0.2, 0) is 13.0 Å². The summed E-state index contributed by atoms with van der Waals surface area (Å²) in [6.45, 7) is 2.61. The second-order valence-electron chi connectivity index (χ2n) is 6.50. The molecule has 0 radical (unpaired) electrons. The quantitative estimate of drug-likeness (QED) is 0.542. The lowest BCUT2D eigenvalue weighted by Gasteiger charge is -2.06. The lowest BCUT2D eigenvalue weighted by atomic mass is 10.1. The van der Waals surface area contributed by atoms with Gasteiger partial charge < -0.3 is 10.5 Å². The van der Waals surface area contributed by atoms with Crippen molar-refractivity contribution in [1.29, 1.82) is 0 Å². The average Bonchev–Trinajstić information content (AvgIpc) is 3.22. The Morgan fingerprint density at radius 1 is 0.931 bits per heavy atom. The Morgan fingerprint density at radius 3 is 2.55 bits per heavy atom. The lowest BCUT2D eigenvalue weighted by Crippen LogP contribution is -2.03. The van der Waals surface area contributed by atoms with Gasteiger partial charge in [0.2, 0.25) is 5.95 Å².